The first-order valence-electron chi connectivity index (χ1n) is 15.6. The van der Waals surface area contributed by atoms with Crippen LogP contribution in [0.5, 0.6) is 0 Å². The van der Waals surface area contributed by atoms with Crippen molar-refractivity contribution in [3.63, 3.8) is 0 Å². The second-order valence-corrected chi connectivity index (χ2v) is 12.8. The maximum Gasteiger partial charge on any atom is 0.160 e. The molecular formula is C42H28N2O. The van der Waals surface area contributed by atoms with Crippen LogP contribution in [0, 0.1) is 0 Å². The van der Waals surface area contributed by atoms with Gasteiger partial charge in [-0.3, -0.25) is 4.57 Å². The van der Waals surface area contributed by atoms with Gasteiger partial charge in [-0.1, -0.05) is 105 Å². The summed E-state index contributed by atoms with van der Waals surface area (Å²) in [7, 11) is 0. The summed E-state index contributed by atoms with van der Waals surface area (Å²) in [5.41, 5.74) is 11.6. The number of hydrogen-bond donors (Lipinski definition) is 0. The van der Waals surface area contributed by atoms with Crippen molar-refractivity contribution in [1.29, 1.82) is 0 Å². The Morgan fingerprint density at radius 2 is 1.36 bits per heavy atom. The number of benzene rings is 6. The Morgan fingerprint density at radius 1 is 0.600 bits per heavy atom. The van der Waals surface area contributed by atoms with Gasteiger partial charge in [0.05, 0.1) is 11.0 Å². The van der Waals surface area contributed by atoms with Crippen molar-refractivity contribution in [3.8, 4) is 28.1 Å². The number of hydrogen-bond acceptors (Lipinski definition) is 2. The zero-order valence-corrected chi connectivity index (χ0v) is 25.0. The summed E-state index contributed by atoms with van der Waals surface area (Å²) < 4.78 is 8.89. The van der Waals surface area contributed by atoms with Gasteiger partial charge >= 0.3 is 0 Å². The smallest absolute Gasteiger partial charge is 0.160 e. The van der Waals surface area contributed by atoms with Gasteiger partial charge in [-0.15, -0.1) is 0 Å². The minimum atomic E-state index is -0.00470. The van der Waals surface area contributed by atoms with Gasteiger partial charge in [-0.2, -0.15) is 0 Å². The average Bonchev–Trinajstić information content (AvgIpc) is 3.71. The summed E-state index contributed by atoms with van der Waals surface area (Å²) in [5.74, 6) is 0.870. The van der Waals surface area contributed by atoms with E-state index >= 15 is 0 Å². The Labute approximate surface area is 260 Å². The van der Waals surface area contributed by atoms with Gasteiger partial charge in [0, 0.05) is 38.7 Å². The largest absolute Gasteiger partial charge is 0.454 e. The highest BCUT2D eigenvalue weighted by atomic mass is 16.3. The van der Waals surface area contributed by atoms with Crippen molar-refractivity contribution in [2.24, 2.45) is 0 Å². The zero-order valence-electron chi connectivity index (χ0n) is 25.0. The lowest BCUT2D eigenvalue weighted by Crippen LogP contribution is -2.14. The lowest BCUT2D eigenvalue weighted by Gasteiger charge is -2.21. The van der Waals surface area contributed by atoms with E-state index in [1.807, 2.05) is 18.3 Å². The number of fused-ring (bicyclic) bond motifs is 12. The molecule has 0 aliphatic heterocycles. The quantitative estimate of drug-likeness (QED) is 0.205. The number of para-hydroxylation sites is 1. The predicted octanol–water partition coefficient (Wildman–Crippen LogP) is 11.2. The maximum atomic E-state index is 6.60. The molecule has 0 radical (unpaired) electrons. The Morgan fingerprint density at radius 3 is 2.24 bits per heavy atom. The van der Waals surface area contributed by atoms with Crippen LogP contribution in [0.4, 0.5) is 0 Å². The van der Waals surface area contributed by atoms with Crippen LogP contribution in [0.2, 0.25) is 0 Å². The number of rotatable bonds is 2. The molecule has 0 saturated heterocycles. The maximum absolute atomic E-state index is 6.60. The molecule has 0 amide bonds. The molecule has 3 nitrogen and oxygen atoms in total. The van der Waals surface area contributed by atoms with Crippen molar-refractivity contribution < 1.29 is 4.42 Å². The van der Waals surface area contributed by atoms with E-state index < -0.39 is 0 Å². The van der Waals surface area contributed by atoms with Crippen molar-refractivity contribution in [2.75, 3.05) is 0 Å². The summed E-state index contributed by atoms with van der Waals surface area (Å²) in [6.07, 6.45) is 2.01. The van der Waals surface area contributed by atoms with Crippen LogP contribution in [0.3, 0.4) is 0 Å². The SMILES string of the molecule is CC1(C)c2ccccc2-c2cc(-c3ccc(-n4c5ccc6ccccc6c5c5ccc6c7ccccc7oc6c54)nc3)ccc21. The summed E-state index contributed by atoms with van der Waals surface area (Å²) in [6.45, 7) is 4.64. The molecule has 0 unspecified atom stereocenters. The molecule has 3 aromatic heterocycles. The molecular weight excluding hydrogens is 548 g/mol. The minimum absolute atomic E-state index is 0.00470. The summed E-state index contributed by atoms with van der Waals surface area (Å²) >= 11 is 0. The van der Waals surface area contributed by atoms with E-state index in [9.17, 15) is 0 Å². The van der Waals surface area contributed by atoms with Crippen molar-refractivity contribution in [3.05, 3.63) is 145 Å². The van der Waals surface area contributed by atoms with E-state index in [0.29, 0.717) is 0 Å². The molecule has 45 heavy (non-hydrogen) atoms. The van der Waals surface area contributed by atoms with Gasteiger partial charge in [0.2, 0.25) is 0 Å². The van der Waals surface area contributed by atoms with Crippen LogP contribution < -0.4 is 0 Å². The molecule has 3 heteroatoms. The van der Waals surface area contributed by atoms with E-state index in [2.05, 4.69) is 134 Å². The number of nitrogens with zero attached hydrogens (tertiary/aromatic N) is 2. The molecule has 1 aliphatic rings. The Kier molecular flexibility index (Phi) is 4.79. The van der Waals surface area contributed by atoms with Gasteiger partial charge in [-0.25, -0.2) is 4.98 Å². The topological polar surface area (TPSA) is 31.0 Å². The van der Waals surface area contributed by atoms with Gasteiger partial charge in [0.25, 0.3) is 0 Å². The third-order valence-corrected chi connectivity index (χ3v) is 10.1. The van der Waals surface area contributed by atoms with Gasteiger partial charge in [0.15, 0.2) is 5.58 Å². The first-order valence-corrected chi connectivity index (χ1v) is 15.6. The van der Waals surface area contributed by atoms with Crippen molar-refractivity contribution in [2.45, 2.75) is 19.3 Å². The highest BCUT2D eigenvalue weighted by molar-refractivity contribution is 6.27. The molecule has 10 rings (SSSR count). The molecule has 0 fully saturated rings. The first-order chi connectivity index (χ1) is 22.1. The van der Waals surface area contributed by atoms with Crippen LogP contribution in [0.15, 0.2) is 138 Å². The highest BCUT2D eigenvalue weighted by Crippen LogP contribution is 2.49. The number of furan rings is 1. The monoisotopic (exact) mass is 576 g/mol. The van der Waals surface area contributed by atoms with Crippen LogP contribution in [-0.4, -0.2) is 9.55 Å². The Hall–Kier alpha value is -5.67. The van der Waals surface area contributed by atoms with E-state index in [0.717, 1.165) is 44.4 Å². The number of aromatic nitrogens is 2. The Balaban J connectivity index is 1.20. The summed E-state index contributed by atoms with van der Waals surface area (Å²) in [6, 6.07) is 45.8. The van der Waals surface area contributed by atoms with E-state index in [1.54, 1.807) is 0 Å². The standard InChI is InChI=1S/C42H28N2O/c1-42(2)34-13-7-5-11-29(34)33-23-26(15-20-35(33)42)27-17-22-38(43-24-27)44-36-21-16-25-9-3-4-10-28(25)39(36)32-19-18-31-30-12-6-8-14-37(30)45-41(31)40(32)44/h3-24H,1-2H3. The lowest BCUT2D eigenvalue weighted by molar-refractivity contribution is 0.660. The molecule has 3 heterocycles. The fraction of sp³-hybridized carbons (Fsp3) is 0.0714. The van der Waals surface area contributed by atoms with Crippen molar-refractivity contribution >= 4 is 54.5 Å². The predicted molar refractivity (Wildman–Crippen MR) is 186 cm³/mol. The normalized spacial score (nSPS) is 13.7. The van der Waals surface area contributed by atoms with Crippen molar-refractivity contribution in [1.82, 2.24) is 9.55 Å². The molecule has 212 valence electrons. The van der Waals surface area contributed by atoms with Gasteiger partial charge in [0.1, 0.15) is 11.4 Å². The second-order valence-electron chi connectivity index (χ2n) is 12.8. The molecule has 1 aliphatic carbocycles. The van der Waals surface area contributed by atoms with E-state index in [4.69, 9.17) is 9.40 Å². The average molecular weight is 577 g/mol. The minimum Gasteiger partial charge on any atom is -0.454 e. The summed E-state index contributed by atoms with van der Waals surface area (Å²) in [4.78, 5) is 5.13. The van der Waals surface area contributed by atoms with Crippen LogP contribution >= 0.6 is 0 Å². The molecule has 0 bridgehead atoms. The second kappa shape index (κ2) is 8.71. The molecule has 6 aromatic carbocycles. The third kappa shape index (κ3) is 3.27. The molecule has 0 atom stereocenters. The third-order valence-electron chi connectivity index (χ3n) is 10.1. The fourth-order valence-electron chi connectivity index (χ4n) is 7.88. The van der Waals surface area contributed by atoms with E-state index in [-0.39, 0.29) is 5.41 Å². The van der Waals surface area contributed by atoms with E-state index in [1.165, 1.54) is 49.4 Å². The molecule has 0 spiro atoms. The van der Waals surface area contributed by atoms with Crippen LogP contribution in [0.25, 0.3) is 82.6 Å². The molecule has 0 saturated carbocycles. The lowest BCUT2D eigenvalue weighted by atomic mass is 9.82. The van der Waals surface area contributed by atoms with Gasteiger partial charge in [-0.05, 0) is 75.0 Å². The Bertz CT molecular complexity index is 2670. The number of pyridine rings is 1. The fourth-order valence-corrected chi connectivity index (χ4v) is 7.88. The highest BCUT2D eigenvalue weighted by Gasteiger charge is 2.35. The molecule has 0 N–H and O–H groups in total. The van der Waals surface area contributed by atoms with Crippen LogP contribution in [-0.2, 0) is 5.41 Å². The first kappa shape index (κ1) is 24.7. The molecule has 9 aromatic rings. The zero-order chi connectivity index (χ0) is 29.9. The summed E-state index contributed by atoms with van der Waals surface area (Å²) in [5, 5.41) is 7.08. The van der Waals surface area contributed by atoms with Crippen LogP contribution in [0.1, 0.15) is 25.0 Å². The van der Waals surface area contributed by atoms with Gasteiger partial charge < -0.3 is 4.42 Å².